The fourth-order valence-corrected chi connectivity index (χ4v) is 3.67. The maximum absolute atomic E-state index is 12.6. The molecule has 9 heteroatoms. The monoisotopic (exact) mass is 441 g/mol. The standard InChI is InChI=1S/C24H19N5O4/c30-24(15-27-11-9-17-12-20(29(31)32)7-8-22(17)27)26-18-4-3-5-21(13-18)33-16-19-14-28-10-2-1-6-23(28)25-19/h1-14H,15-16H2,(H,26,30). The van der Waals surface area contributed by atoms with Crippen molar-refractivity contribution in [3.05, 3.63) is 101 Å². The Hall–Kier alpha value is -4.66. The topological polar surface area (TPSA) is 104 Å². The number of aromatic nitrogens is 3. The summed E-state index contributed by atoms with van der Waals surface area (Å²) in [4.78, 5) is 27.6. The lowest BCUT2D eigenvalue weighted by atomic mass is 10.2. The zero-order chi connectivity index (χ0) is 22.8. The first-order valence-electron chi connectivity index (χ1n) is 10.2. The van der Waals surface area contributed by atoms with Gasteiger partial charge in [-0.25, -0.2) is 4.98 Å². The number of amides is 1. The van der Waals surface area contributed by atoms with E-state index in [1.807, 2.05) is 41.1 Å². The van der Waals surface area contributed by atoms with Crippen LogP contribution in [0.15, 0.2) is 85.3 Å². The molecule has 9 nitrogen and oxygen atoms in total. The third-order valence-corrected chi connectivity index (χ3v) is 5.20. The van der Waals surface area contributed by atoms with Crippen LogP contribution in [0.4, 0.5) is 11.4 Å². The highest BCUT2D eigenvalue weighted by Gasteiger charge is 2.11. The minimum atomic E-state index is -0.437. The second kappa shape index (κ2) is 8.46. The second-order valence-electron chi connectivity index (χ2n) is 7.51. The summed E-state index contributed by atoms with van der Waals surface area (Å²) in [6.07, 6.45) is 5.58. The summed E-state index contributed by atoms with van der Waals surface area (Å²) in [6.45, 7) is 0.383. The van der Waals surface area contributed by atoms with Crippen molar-refractivity contribution in [2.75, 3.05) is 5.32 Å². The van der Waals surface area contributed by atoms with Crippen LogP contribution in [-0.4, -0.2) is 24.8 Å². The molecule has 0 unspecified atom stereocenters. The van der Waals surface area contributed by atoms with Crippen LogP contribution < -0.4 is 10.1 Å². The van der Waals surface area contributed by atoms with Gasteiger partial charge >= 0.3 is 0 Å². The molecule has 1 amide bonds. The smallest absolute Gasteiger partial charge is 0.270 e. The molecule has 3 aromatic heterocycles. The van der Waals surface area contributed by atoms with Gasteiger partial charge in [0.1, 0.15) is 24.5 Å². The summed E-state index contributed by atoms with van der Waals surface area (Å²) in [7, 11) is 0. The fourth-order valence-electron chi connectivity index (χ4n) is 3.67. The lowest BCUT2D eigenvalue weighted by Crippen LogP contribution is -2.18. The number of non-ortho nitro benzene ring substituents is 1. The first-order valence-corrected chi connectivity index (χ1v) is 10.2. The van der Waals surface area contributed by atoms with Crippen LogP contribution in [0, 0.1) is 10.1 Å². The number of nitrogens with one attached hydrogen (secondary N) is 1. The molecular weight excluding hydrogens is 422 g/mol. The van der Waals surface area contributed by atoms with Crippen molar-refractivity contribution in [1.29, 1.82) is 0 Å². The van der Waals surface area contributed by atoms with E-state index in [-0.39, 0.29) is 18.1 Å². The van der Waals surface area contributed by atoms with Gasteiger partial charge in [-0.2, -0.15) is 0 Å². The molecule has 0 saturated carbocycles. The number of benzene rings is 2. The van der Waals surface area contributed by atoms with Crippen molar-refractivity contribution in [3.63, 3.8) is 0 Å². The predicted octanol–water partition coefficient (Wildman–Crippen LogP) is 4.41. The molecule has 2 aromatic carbocycles. The predicted molar refractivity (Wildman–Crippen MR) is 123 cm³/mol. The van der Waals surface area contributed by atoms with Gasteiger partial charge in [0, 0.05) is 53.4 Å². The summed E-state index contributed by atoms with van der Waals surface area (Å²) in [5.41, 5.74) is 3.03. The number of imidazole rings is 1. The molecule has 0 aliphatic rings. The first-order chi connectivity index (χ1) is 16.0. The van der Waals surface area contributed by atoms with Crippen molar-refractivity contribution in [2.24, 2.45) is 0 Å². The van der Waals surface area contributed by atoms with Gasteiger partial charge in [-0.05, 0) is 36.4 Å². The van der Waals surface area contributed by atoms with Crippen LogP contribution in [0.25, 0.3) is 16.6 Å². The number of ether oxygens (including phenoxy) is 1. The van der Waals surface area contributed by atoms with E-state index in [0.717, 1.165) is 16.9 Å². The lowest BCUT2D eigenvalue weighted by molar-refractivity contribution is -0.384. The Kier molecular flexibility index (Phi) is 5.19. The number of carbonyl (C=O) groups is 1. The highest BCUT2D eigenvalue weighted by molar-refractivity contribution is 5.92. The van der Waals surface area contributed by atoms with Crippen molar-refractivity contribution < 1.29 is 14.5 Å². The average Bonchev–Trinajstić information content (AvgIpc) is 3.41. The summed E-state index contributed by atoms with van der Waals surface area (Å²) in [5.74, 6) is 0.395. The molecule has 0 atom stereocenters. The van der Waals surface area contributed by atoms with E-state index in [2.05, 4.69) is 10.3 Å². The SMILES string of the molecule is O=C(Cn1ccc2cc([N+](=O)[O-])ccc21)Nc1cccc(OCc2cn3ccccc3n2)c1. The van der Waals surface area contributed by atoms with Gasteiger partial charge in [-0.15, -0.1) is 0 Å². The van der Waals surface area contributed by atoms with Crippen molar-refractivity contribution in [3.8, 4) is 5.75 Å². The second-order valence-corrected chi connectivity index (χ2v) is 7.51. The fraction of sp³-hybridized carbons (Fsp3) is 0.0833. The molecule has 0 radical (unpaired) electrons. The van der Waals surface area contributed by atoms with Gasteiger partial charge in [0.2, 0.25) is 5.91 Å². The van der Waals surface area contributed by atoms with Gasteiger partial charge in [0.05, 0.1) is 10.6 Å². The van der Waals surface area contributed by atoms with Crippen molar-refractivity contribution in [1.82, 2.24) is 14.0 Å². The Balaban J connectivity index is 1.23. The number of hydrogen-bond acceptors (Lipinski definition) is 5. The highest BCUT2D eigenvalue weighted by Crippen LogP contribution is 2.23. The van der Waals surface area contributed by atoms with Gasteiger partial charge in [-0.1, -0.05) is 12.1 Å². The van der Waals surface area contributed by atoms with Gasteiger partial charge in [-0.3, -0.25) is 14.9 Å². The number of anilines is 1. The Bertz CT molecular complexity index is 1450. The van der Waals surface area contributed by atoms with E-state index in [4.69, 9.17) is 4.74 Å². The quantitative estimate of drug-likeness (QED) is 0.298. The lowest BCUT2D eigenvalue weighted by Gasteiger charge is -2.10. The third-order valence-electron chi connectivity index (χ3n) is 5.20. The largest absolute Gasteiger partial charge is 0.487 e. The number of nitro groups is 1. The summed E-state index contributed by atoms with van der Waals surface area (Å²) < 4.78 is 9.53. The minimum absolute atomic E-state index is 0.0187. The maximum Gasteiger partial charge on any atom is 0.270 e. The molecule has 33 heavy (non-hydrogen) atoms. The number of nitrogens with zero attached hydrogens (tertiary/aromatic N) is 4. The number of pyridine rings is 1. The number of fused-ring (bicyclic) bond motifs is 2. The van der Waals surface area contributed by atoms with Crippen LogP contribution in [0.2, 0.25) is 0 Å². The normalized spacial score (nSPS) is 11.0. The van der Waals surface area contributed by atoms with Crippen molar-refractivity contribution >= 4 is 33.8 Å². The minimum Gasteiger partial charge on any atom is -0.487 e. The van der Waals surface area contributed by atoms with Crippen LogP contribution in [0.5, 0.6) is 5.75 Å². The van der Waals surface area contributed by atoms with Gasteiger partial charge in [0.15, 0.2) is 0 Å². The highest BCUT2D eigenvalue weighted by atomic mass is 16.6. The molecule has 0 aliphatic heterocycles. The molecule has 1 N–H and O–H groups in total. The summed E-state index contributed by atoms with van der Waals surface area (Å²) in [6, 6.07) is 19.3. The number of rotatable bonds is 7. The van der Waals surface area contributed by atoms with E-state index < -0.39 is 4.92 Å². The third kappa shape index (κ3) is 4.38. The van der Waals surface area contributed by atoms with Crippen LogP contribution in [0.3, 0.4) is 0 Å². The van der Waals surface area contributed by atoms with Crippen LogP contribution >= 0.6 is 0 Å². The zero-order valence-electron chi connectivity index (χ0n) is 17.4. The molecule has 0 fully saturated rings. The molecule has 5 rings (SSSR count). The zero-order valence-corrected chi connectivity index (χ0v) is 17.4. The van der Waals surface area contributed by atoms with E-state index >= 15 is 0 Å². The van der Waals surface area contributed by atoms with E-state index in [1.54, 1.807) is 41.1 Å². The molecule has 0 aliphatic carbocycles. The Morgan fingerprint density at radius 3 is 2.82 bits per heavy atom. The van der Waals surface area contributed by atoms with Gasteiger partial charge < -0.3 is 19.0 Å². The Morgan fingerprint density at radius 2 is 1.97 bits per heavy atom. The van der Waals surface area contributed by atoms with E-state index in [9.17, 15) is 14.9 Å². The van der Waals surface area contributed by atoms with E-state index in [0.29, 0.717) is 23.4 Å². The number of hydrogen-bond donors (Lipinski definition) is 1. The summed E-state index contributed by atoms with van der Waals surface area (Å²) in [5, 5.41) is 14.5. The first kappa shape index (κ1) is 20.3. The number of nitro benzene ring substituents is 1. The van der Waals surface area contributed by atoms with E-state index in [1.165, 1.54) is 12.1 Å². The van der Waals surface area contributed by atoms with Crippen LogP contribution in [0.1, 0.15) is 5.69 Å². The molecule has 164 valence electrons. The van der Waals surface area contributed by atoms with Crippen molar-refractivity contribution in [2.45, 2.75) is 13.2 Å². The Morgan fingerprint density at radius 1 is 1.06 bits per heavy atom. The average molecular weight is 441 g/mol. The molecule has 3 heterocycles. The Labute approximate surface area is 188 Å². The molecular formula is C24H19N5O4. The molecule has 0 bridgehead atoms. The number of carbonyl (C=O) groups excluding carboxylic acids is 1. The van der Waals surface area contributed by atoms with Gasteiger partial charge in [0.25, 0.3) is 5.69 Å². The molecule has 5 aromatic rings. The molecule has 0 saturated heterocycles. The summed E-state index contributed by atoms with van der Waals surface area (Å²) >= 11 is 0. The molecule has 0 spiro atoms. The van der Waals surface area contributed by atoms with Crippen LogP contribution in [-0.2, 0) is 17.9 Å². The maximum atomic E-state index is 12.6.